The number of nitrogens with one attached hydrogen (secondary N) is 1. The molecule has 0 aromatic carbocycles. The lowest BCUT2D eigenvalue weighted by Crippen LogP contribution is -2.46. The number of thiophene rings is 1. The second kappa shape index (κ2) is 12.0. The topological polar surface area (TPSA) is 95.9 Å². The summed E-state index contributed by atoms with van der Waals surface area (Å²) >= 11 is 1.21. The molecule has 3 aliphatic rings. The summed E-state index contributed by atoms with van der Waals surface area (Å²) in [6.07, 6.45) is 5.85. The van der Waals surface area contributed by atoms with E-state index < -0.39 is 5.97 Å². The second-order valence-electron chi connectivity index (χ2n) is 10.8. The minimum absolute atomic E-state index is 0. The average Bonchev–Trinajstić information content (AvgIpc) is 3.55. The van der Waals surface area contributed by atoms with Crippen LogP contribution in [-0.4, -0.2) is 59.6 Å². The number of carboxylic acid groups (broad SMARTS) is 1. The van der Waals surface area contributed by atoms with Crippen molar-refractivity contribution in [2.24, 2.45) is 17.3 Å². The summed E-state index contributed by atoms with van der Waals surface area (Å²) in [6.45, 7) is 10.4. The zero-order valence-corrected chi connectivity index (χ0v) is 22.1. The summed E-state index contributed by atoms with van der Waals surface area (Å²) in [5.74, 6) is 6.15. The van der Waals surface area contributed by atoms with Crippen molar-refractivity contribution in [1.82, 2.24) is 10.2 Å². The molecule has 1 saturated carbocycles. The first-order valence-electron chi connectivity index (χ1n) is 12.6. The highest BCUT2D eigenvalue weighted by Crippen LogP contribution is 2.29. The lowest BCUT2D eigenvalue weighted by molar-refractivity contribution is -0.135. The number of nitrogens with zero attached hydrogens (tertiary/aromatic N) is 1. The largest absolute Gasteiger partial charge is 0.477 e. The molecule has 7 nitrogen and oxygen atoms in total. The molecule has 1 aromatic rings. The molecule has 0 spiro atoms. The van der Waals surface area contributed by atoms with Gasteiger partial charge < -0.3 is 20.1 Å². The van der Waals surface area contributed by atoms with Crippen molar-refractivity contribution in [2.75, 3.05) is 19.8 Å². The maximum Gasteiger partial charge on any atom is 0.345 e. The molecule has 3 fully saturated rings. The molecular formula is C27H40N2O5S. The summed E-state index contributed by atoms with van der Waals surface area (Å²) in [5, 5.41) is 11.7. The number of aromatic carboxylic acids is 1. The number of hydrogen-bond acceptors (Lipinski definition) is 5. The molecule has 4 rings (SSSR count). The van der Waals surface area contributed by atoms with E-state index in [-0.39, 0.29) is 36.7 Å². The average molecular weight is 505 g/mol. The SMILES string of the molecule is CC(C)(C)C#Cc1ccc(C(=O)O)s1.CC1CCC(C(=O)N[C@H]2CCN([C@H]3CCOC3)C2=O)CC1.[HH]. The van der Waals surface area contributed by atoms with E-state index in [4.69, 9.17) is 9.84 Å². The highest BCUT2D eigenvalue weighted by atomic mass is 32.1. The molecule has 2 saturated heterocycles. The number of carbonyl (C=O) groups excluding carboxylic acids is 2. The molecule has 1 aromatic heterocycles. The summed E-state index contributed by atoms with van der Waals surface area (Å²) in [7, 11) is 0. The van der Waals surface area contributed by atoms with E-state index in [0.29, 0.717) is 11.5 Å². The molecular weight excluding hydrogens is 464 g/mol. The summed E-state index contributed by atoms with van der Waals surface area (Å²) in [5.41, 5.74) is -0.0482. The smallest absolute Gasteiger partial charge is 0.345 e. The van der Waals surface area contributed by atoms with Crippen molar-refractivity contribution >= 4 is 29.1 Å². The molecule has 3 heterocycles. The fraction of sp³-hybridized carbons (Fsp3) is 0.667. The molecule has 0 unspecified atom stereocenters. The number of rotatable bonds is 4. The Bertz CT molecular complexity index is 963. The monoisotopic (exact) mass is 504 g/mol. The maximum absolute atomic E-state index is 12.4. The van der Waals surface area contributed by atoms with Crippen LogP contribution in [0.5, 0.6) is 0 Å². The Balaban J connectivity index is 0.000000268. The van der Waals surface area contributed by atoms with Gasteiger partial charge >= 0.3 is 5.97 Å². The molecule has 35 heavy (non-hydrogen) atoms. The van der Waals surface area contributed by atoms with Gasteiger partial charge in [0.2, 0.25) is 11.8 Å². The highest BCUT2D eigenvalue weighted by Gasteiger charge is 2.39. The summed E-state index contributed by atoms with van der Waals surface area (Å²) < 4.78 is 5.36. The molecule has 0 radical (unpaired) electrons. The molecule has 1 aliphatic carbocycles. The van der Waals surface area contributed by atoms with Gasteiger partial charge in [0.1, 0.15) is 10.9 Å². The summed E-state index contributed by atoms with van der Waals surface area (Å²) in [6, 6.07) is 3.24. The van der Waals surface area contributed by atoms with Crippen molar-refractivity contribution in [3.63, 3.8) is 0 Å². The van der Waals surface area contributed by atoms with Crippen LogP contribution in [0.4, 0.5) is 0 Å². The van der Waals surface area contributed by atoms with Crippen LogP contribution >= 0.6 is 11.3 Å². The van der Waals surface area contributed by atoms with E-state index in [0.717, 1.165) is 62.5 Å². The van der Waals surface area contributed by atoms with Crippen molar-refractivity contribution in [2.45, 2.75) is 78.3 Å². The quantitative estimate of drug-likeness (QED) is 0.592. The number of carbonyl (C=O) groups is 3. The lowest BCUT2D eigenvalue weighted by atomic mass is 9.82. The van der Waals surface area contributed by atoms with Gasteiger partial charge in [-0.2, -0.15) is 0 Å². The third-order valence-corrected chi connectivity index (χ3v) is 7.66. The Morgan fingerprint density at radius 1 is 1.17 bits per heavy atom. The Morgan fingerprint density at radius 3 is 2.46 bits per heavy atom. The van der Waals surface area contributed by atoms with Gasteiger partial charge in [0.05, 0.1) is 17.5 Å². The van der Waals surface area contributed by atoms with Crippen molar-refractivity contribution < 1.29 is 25.7 Å². The van der Waals surface area contributed by atoms with Crippen LogP contribution < -0.4 is 5.32 Å². The molecule has 2 amide bonds. The Morgan fingerprint density at radius 2 is 1.89 bits per heavy atom. The first-order chi connectivity index (χ1) is 16.5. The van der Waals surface area contributed by atoms with Gasteiger partial charge in [-0.1, -0.05) is 18.8 Å². The van der Waals surface area contributed by atoms with Crippen LogP contribution in [0, 0.1) is 29.1 Å². The molecule has 0 bridgehead atoms. The van der Waals surface area contributed by atoms with Gasteiger partial charge in [0.25, 0.3) is 0 Å². The van der Waals surface area contributed by atoms with Crippen LogP contribution in [0.2, 0.25) is 0 Å². The molecule has 2 atom stereocenters. The zero-order chi connectivity index (χ0) is 25.6. The highest BCUT2D eigenvalue weighted by molar-refractivity contribution is 7.14. The van der Waals surface area contributed by atoms with Gasteiger partial charge in [0, 0.05) is 25.9 Å². The van der Waals surface area contributed by atoms with Crippen LogP contribution in [0.15, 0.2) is 12.1 Å². The lowest BCUT2D eigenvalue weighted by Gasteiger charge is -2.27. The first-order valence-corrected chi connectivity index (χ1v) is 13.4. The van der Waals surface area contributed by atoms with E-state index in [1.54, 1.807) is 12.1 Å². The van der Waals surface area contributed by atoms with E-state index in [1.807, 2.05) is 25.7 Å². The zero-order valence-electron chi connectivity index (χ0n) is 21.3. The maximum atomic E-state index is 12.4. The fourth-order valence-corrected chi connectivity index (χ4v) is 5.25. The minimum atomic E-state index is -0.890. The van der Waals surface area contributed by atoms with Crippen LogP contribution in [0.3, 0.4) is 0 Å². The normalized spacial score (nSPS) is 26.4. The third kappa shape index (κ3) is 8.08. The number of likely N-dealkylation sites (tertiary alicyclic amines) is 1. The molecule has 8 heteroatoms. The predicted octanol–water partition coefficient (Wildman–Crippen LogP) is 4.41. The third-order valence-electron chi connectivity index (χ3n) is 6.67. The van der Waals surface area contributed by atoms with Crippen molar-refractivity contribution in [3.05, 3.63) is 21.9 Å². The standard InChI is InChI=1S/C16H26N2O3.C11H12O2S.H2/c1-11-2-4-12(5-3-11)15(19)17-14-6-8-18(16(14)20)13-7-9-21-10-13;1-11(2,3)7-6-8-4-5-9(14-8)10(12)13;/h11-14H,2-10H2,1H3,(H,17,19);4-5H,1-3H3,(H,12,13);1H/t11?,12?,13-,14-;;/m0../s1. The van der Waals surface area contributed by atoms with Gasteiger partial charge in [-0.05, 0) is 77.3 Å². The van der Waals surface area contributed by atoms with Gasteiger partial charge in [-0.15, -0.1) is 11.3 Å². The van der Waals surface area contributed by atoms with Gasteiger partial charge in [-0.25, -0.2) is 4.79 Å². The van der Waals surface area contributed by atoms with E-state index in [9.17, 15) is 14.4 Å². The van der Waals surface area contributed by atoms with Crippen molar-refractivity contribution in [3.8, 4) is 11.8 Å². The van der Waals surface area contributed by atoms with Gasteiger partial charge in [-0.3, -0.25) is 9.59 Å². The number of carboxylic acids is 1. The Labute approximate surface area is 214 Å². The number of hydrogen-bond donors (Lipinski definition) is 2. The van der Waals surface area contributed by atoms with Crippen molar-refractivity contribution in [1.29, 1.82) is 0 Å². The second-order valence-corrected chi connectivity index (χ2v) is 11.9. The van der Waals surface area contributed by atoms with Crippen LogP contribution in [0.25, 0.3) is 0 Å². The number of amides is 2. The number of ether oxygens (including phenoxy) is 1. The molecule has 2 N–H and O–H groups in total. The van der Waals surface area contributed by atoms with Crippen LogP contribution in [-0.2, 0) is 14.3 Å². The van der Waals surface area contributed by atoms with Crippen LogP contribution in [0.1, 0.15) is 82.2 Å². The van der Waals surface area contributed by atoms with Gasteiger partial charge in [0.15, 0.2) is 0 Å². The van der Waals surface area contributed by atoms with E-state index in [2.05, 4.69) is 24.1 Å². The Hall–Kier alpha value is -2.37. The van der Waals surface area contributed by atoms with E-state index >= 15 is 0 Å². The Kier molecular flexibility index (Phi) is 9.37. The van der Waals surface area contributed by atoms with E-state index in [1.165, 1.54) is 11.3 Å². The summed E-state index contributed by atoms with van der Waals surface area (Å²) in [4.78, 5) is 38.4. The predicted molar refractivity (Wildman–Crippen MR) is 138 cm³/mol. The molecule has 194 valence electrons. The fourth-order valence-electron chi connectivity index (χ4n) is 4.55. The molecule has 2 aliphatic heterocycles. The first kappa shape index (κ1) is 27.2. The minimum Gasteiger partial charge on any atom is -0.477 e.